The molecule has 0 aliphatic rings. The van der Waals surface area contributed by atoms with Crippen LogP contribution in [0.15, 0.2) is 22.7 Å². The Bertz CT molecular complexity index is 1060. The van der Waals surface area contributed by atoms with Crippen LogP contribution in [0.2, 0.25) is 0 Å². The molecule has 1 aromatic carbocycles. The average Bonchev–Trinajstić information content (AvgIpc) is 3.22. The molecule has 12 heteroatoms. The summed E-state index contributed by atoms with van der Waals surface area (Å²) in [5.74, 6) is 3.39. The third kappa shape index (κ3) is 4.70. The SMILES string of the molecule is Cc1cc(C)c(-c2csc(NC(=O)CSc3nnc(C(F)(F)F)n3N)n2)cc1C. The number of hydrogen-bond acceptors (Lipinski definition) is 7. The summed E-state index contributed by atoms with van der Waals surface area (Å²) in [6, 6.07) is 4.13. The van der Waals surface area contributed by atoms with Crippen LogP contribution in [0.3, 0.4) is 0 Å². The monoisotopic (exact) mass is 442 g/mol. The molecule has 154 valence electrons. The van der Waals surface area contributed by atoms with Crippen molar-refractivity contribution in [1.29, 1.82) is 0 Å². The third-order valence-electron chi connectivity index (χ3n) is 4.12. The second-order valence-electron chi connectivity index (χ2n) is 6.30. The number of aryl methyl sites for hydroxylation is 3. The standard InChI is InChI=1S/C17H17F3N6OS2/c1-8-4-10(3)11(5-9(8)2)12-6-28-15(22-12)23-13(27)7-29-16-25-24-14(26(16)21)17(18,19)20/h4-6H,7,21H2,1-3H3,(H,22,23,27). The van der Waals surface area contributed by atoms with Crippen LogP contribution < -0.4 is 11.2 Å². The van der Waals surface area contributed by atoms with Gasteiger partial charge in [0.05, 0.1) is 11.4 Å². The van der Waals surface area contributed by atoms with Crippen LogP contribution in [0.25, 0.3) is 11.3 Å². The van der Waals surface area contributed by atoms with Gasteiger partial charge in [-0.3, -0.25) is 4.79 Å². The van der Waals surface area contributed by atoms with E-state index in [1.165, 1.54) is 16.9 Å². The van der Waals surface area contributed by atoms with Crippen LogP contribution in [0.5, 0.6) is 0 Å². The highest BCUT2D eigenvalue weighted by Crippen LogP contribution is 2.30. The molecule has 0 fully saturated rings. The van der Waals surface area contributed by atoms with Crippen molar-refractivity contribution in [2.24, 2.45) is 0 Å². The van der Waals surface area contributed by atoms with Gasteiger partial charge in [-0.15, -0.1) is 21.5 Å². The van der Waals surface area contributed by atoms with E-state index in [9.17, 15) is 18.0 Å². The van der Waals surface area contributed by atoms with Gasteiger partial charge in [-0.25, -0.2) is 9.66 Å². The van der Waals surface area contributed by atoms with E-state index in [1.807, 2.05) is 32.2 Å². The van der Waals surface area contributed by atoms with Gasteiger partial charge < -0.3 is 11.2 Å². The largest absolute Gasteiger partial charge is 0.453 e. The molecule has 2 heterocycles. The Kier molecular flexibility index (Phi) is 5.85. The number of rotatable bonds is 5. The molecule has 0 spiro atoms. The number of carbonyl (C=O) groups excluding carboxylic acids is 1. The Hall–Kier alpha value is -2.60. The van der Waals surface area contributed by atoms with Crippen molar-refractivity contribution in [3.63, 3.8) is 0 Å². The highest BCUT2D eigenvalue weighted by molar-refractivity contribution is 7.99. The van der Waals surface area contributed by atoms with E-state index >= 15 is 0 Å². The van der Waals surface area contributed by atoms with Crippen molar-refractivity contribution in [3.05, 3.63) is 40.0 Å². The number of amides is 1. The number of thiazole rings is 1. The predicted octanol–water partition coefficient (Wildman–Crippen LogP) is 3.79. The van der Waals surface area contributed by atoms with E-state index < -0.39 is 17.9 Å². The van der Waals surface area contributed by atoms with Gasteiger partial charge in [-0.05, 0) is 43.5 Å². The van der Waals surface area contributed by atoms with Gasteiger partial charge in [0.25, 0.3) is 5.82 Å². The van der Waals surface area contributed by atoms with Crippen molar-refractivity contribution >= 4 is 34.1 Å². The number of nitrogens with two attached hydrogens (primary N) is 1. The van der Waals surface area contributed by atoms with Gasteiger partial charge in [0.2, 0.25) is 11.1 Å². The molecule has 0 unspecified atom stereocenters. The van der Waals surface area contributed by atoms with E-state index in [1.54, 1.807) is 0 Å². The smallest absolute Gasteiger partial charge is 0.335 e. The van der Waals surface area contributed by atoms with E-state index in [0.29, 0.717) is 9.81 Å². The van der Waals surface area contributed by atoms with Gasteiger partial charge in [0, 0.05) is 10.9 Å². The fraction of sp³-hybridized carbons (Fsp3) is 0.294. The molecule has 7 nitrogen and oxygen atoms in total. The molecular weight excluding hydrogens is 425 g/mol. The van der Waals surface area contributed by atoms with Gasteiger partial charge in [0.15, 0.2) is 5.13 Å². The molecule has 0 radical (unpaired) electrons. The van der Waals surface area contributed by atoms with Crippen molar-refractivity contribution in [1.82, 2.24) is 19.9 Å². The average molecular weight is 442 g/mol. The fourth-order valence-corrected chi connectivity index (χ4v) is 3.93. The number of nitrogens with one attached hydrogen (secondary N) is 1. The van der Waals surface area contributed by atoms with Crippen LogP contribution in [0.4, 0.5) is 18.3 Å². The minimum Gasteiger partial charge on any atom is -0.335 e. The summed E-state index contributed by atoms with van der Waals surface area (Å²) in [6.45, 7) is 6.05. The zero-order valence-electron chi connectivity index (χ0n) is 15.7. The highest BCUT2D eigenvalue weighted by atomic mass is 32.2. The maximum atomic E-state index is 12.7. The highest BCUT2D eigenvalue weighted by Gasteiger charge is 2.38. The summed E-state index contributed by atoms with van der Waals surface area (Å²) in [4.78, 5) is 16.6. The topological polar surface area (TPSA) is 98.7 Å². The van der Waals surface area contributed by atoms with Crippen molar-refractivity contribution in [2.75, 3.05) is 16.9 Å². The first-order valence-corrected chi connectivity index (χ1v) is 10.2. The number of alkyl halides is 3. The molecule has 0 aliphatic carbocycles. The second-order valence-corrected chi connectivity index (χ2v) is 8.10. The lowest BCUT2D eigenvalue weighted by Gasteiger charge is -2.07. The first-order chi connectivity index (χ1) is 13.6. The van der Waals surface area contributed by atoms with Gasteiger partial charge in [-0.2, -0.15) is 13.2 Å². The zero-order chi connectivity index (χ0) is 21.3. The molecule has 0 bridgehead atoms. The number of aromatic nitrogens is 4. The van der Waals surface area contributed by atoms with Crippen molar-refractivity contribution in [2.45, 2.75) is 32.1 Å². The first kappa shape index (κ1) is 21.1. The lowest BCUT2D eigenvalue weighted by Crippen LogP contribution is -2.22. The summed E-state index contributed by atoms with van der Waals surface area (Å²) in [7, 11) is 0. The number of halogens is 3. The lowest BCUT2D eigenvalue weighted by molar-refractivity contribution is -0.146. The molecule has 3 rings (SSSR count). The number of nitrogen functional groups attached to an aromatic ring is 1. The molecule has 3 aromatic rings. The van der Waals surface area contributed by atoms with Crippen LogP contribution in [-0.4, -0.2) is 31.5 Å². The van der Waals surface area contributed by atoms with E-state index in [-0.39, 0.29) is 10.9 Å². The Morgan fingerprint density at radius 2 is 1.90 bits per heavy atom. The quantitative estimate of drug-likeness (QED) is 0.461. The van der Waals surface area contributed by atoms with Crippen LogP contribution in [-0.2, 0) is 11.0 Å². The Labute approximate surface area is 172 Å². The van der Waals surface area contributed by atoms with Gasteiger partial charge in [-0.1, -0.05) is 17.8 Å². The number of anilines is 1. The van der Waals surface area contributed by atoms with Crippen LogP contribution in [0.1, 0.15) is 22.5 Å². The number of carbonyl (C=O) groups is 1. The predicted molar refractivity (Wildman–Crippen MR) is 106 cm³/mol. The molecule has 3 N–H and O–H groups in total. The van der Waals surface area contributed by atoms with Gasteiger partial charge in [0.1, 0.15) is 0 Å². The zero-order valence-corrected chi connectivity index (χ0v) is 17.3. The molecule has 0 saturated heterocycles. The Morgan fingerprint density at radius 1 is 1.21 bits per heavy atom. The number of hydrogen-bond donors (Lipinski definition) is 2. The Balaban J connectivity index is 1.64. The number of nitrogens with zero attached hydrogens (tertiary/aromatic N) is 4. The number of thioether (sulfide) groups is 1. The summed E-state index contributed by atoms with van der Waals surface area (Å²) >= 11 is 2.01. The summed E-state index contributed by atoms with van der Waals surface area (Å²) in [6.07, 6.45) is -4.72. The molecule has 0 saturated carbocycles. The summed E-state index contributed by atoms with van der Waals surface area (Å²) in [5, 5.41) is 11.0. The molecule has 1 amide bonds. The van der Waals surface area contributed by atoms with E-state index in [2.05, 4.69) is 26.6 Å². The van der Waals surface area contributed by atoms with Crippen molar-refractivity contribution < 1.29 is 18.0 Å². The molecule has 29 heavy (non-hydrogen) atoms. The summed E-state index contributed by atoms with van der Waals surface area (Å²) in [5.41, 5.74) is 5.14. The van der Waals surface area contributed by atoms with E-state index in [4.69, 9.17) is 5.84 Å². The maximum absolute atomic E-state index is 12.7. The second kappa shape index (κ2) is 8.03. The van der Waals surface area contributed by atoms with E-state index in [0.717, 1.165) is 34.1 Å². The van der Waals surface area contributed by atoms with Crippen LogP contribution in [0, 0.1) is 20.8 Å². The van der Waals surface area contributed by atoms with Crippen molar-refractivity contribution in [3.8, 4) is 11.3 Å². The lowest BCUT2D eigenvalue weighted by atomic mass is 9.99. The Morgan fingerprint density at radius 3 is 2.55 bits per heavy atom. The van der Waals surface area contributed by atoms with Crippen LogP contribution >= 0.6 is 23.1 Å². The van der Waals surface area contributed by atoms with Gasteiger partial charge >= 0.3 is 6.18 Å². The molecule has 0 atom stereocenters. The number of benzene rings is 1. The fourth-order valence-electron chi connectivity index (χ4n) is 2.55. The molecule has 0 aliphatic heterocycles. The maximum Gasteiger partial charge on any atom is 0.453 e. The minimum absolute atomic E-state index is 0.190. The normalized spacial score (nSPS) is 11.7. The molecule has 2 aromatic heterocycles. The third-order valence-corrected chi connectivity index (χ3v) is 5.82. The molecular formula is C17H17F3N6OS2. The minimum atomic E-state index is -4.72. The first-order valence-electron chi connectivity index (χ1n) is 8.30. The summed E-state index contributed by atoms with van der Waals surface area (Å²) < 4.78 is 38.3.